The van der Waals surface area contributed by atoms with Crippen molar-refractivity contribution in [2.45, 2.75) is 129 Å². The van der Waals surface area contributed by atoms with Crippen LogP contribution < -0.4 is 0 Å². The molecule has 26 heavy (non-hydrogen) atoms. The molecular weight excluding hydrogens is 320 g/mol. The Morgan fingerprint density at radius 2 is 1.46 bits per heavy atom. The Bertz CT molecular complexity index is 364. The third kappa shape index (κ3) is 8.44. The summed E-state index contributed by atoms with van der Waals surface area (Å²) in [6, 6.07) is 0. The lowest BCUT2D eigenvalue weighted by atomic mass is 9.77. The molecule has 0 aliphatic heterocycles. The first-order valence-corrected chi connectivity index (χ1v) is 11.9. The first kappa shape index (κ1) is 21.8. The molecule has 2 aliphatic rings. The molecule has 0 heterocycles. The number of rotatable bonds is 11. The highest BCUT2D eigenvalue weighted by molar-refractivity contribution is 5.72. The fraction of sp³-hybridized carbons (Fsp3) is 0.958. The van der Waals surface area contributed by atoms with Crippen molar-refractivity contribution in [3.63, 3.8) is 0 Å². The average molecular weight is 365 g/mol. The summed E-state index contributed by atoms with van der Waals surface area (Å²) in [4.78, 5) is 12.3. The van der Waals surface area contributed by atoms with Gasteiger partial charge in [0.1, 0.15) is 6.10 Å². The smallest absolute Gasteiger partial charge is 0.308 e. The van der Waals surface area contributed by atoms with E-state index in [4.69, 9.17) is 4.74 Å². The Morgan fingerprint density at radius 1 is 0.846 bits per heavy atom. The fourth-order valence-electron chi connectivity index (χ4n) is 4.91. The van der Waals surface area contributed by atoms with E-state index in [-0.39, 0.29) is 18.0 Å². The summed E-state index contributed by atoms with van der Waals surface area (Å²) in [6.45, 7) is 4.37. The second-order valence-corrected chi connectivity index (χ2v) is 9.26. The summed E-state index contributed by atoms with van der Waals surface area (Å²) in [5.74, 6) is 2.00. The van der Waals surface area contributed by atoms with Crippen molar-refractivity contribution in [2.75, 3.05) is 0 Å². The van der Waals surface area contributed by atoms with Crippen LogP contribution >= 0.6 is 0 Å². The van der Waals surface area contributed by atoms with E-state index < -0.39 is 0 Å². The normalized spacial score (nSPS) is 25.8. The monoisotopic (exact) mass is 364 g/mol. The predicted octanol–water partition coefficient (Wildman–Crippen LogP) is 7.45. The molecule has 2 aliphatic carbocycles. The van der Waals surface area contributed by atoms with E-state index in [1.165, 1.54) is 89.9 Å². The molecule has 0 spiro atoms. The third-order valence-electron chi connectivity index (χ3n) is 6.93. The van der Waals surface area contributed by atoms with Crippen molar-refractivity contribution in [3.05, 3.63) is 0 Å². The maximum absolute atomic E-state index is 12.3. The minimum absolute atomic E-state index is 0.0673. The number of carbonyl (C=O) groups excluding carboxylic acids is 1. The highest BCUT2D eigenvalue weighted by atomic mass is 16.5. The molecule has 0 N–H and O–H groups in total. The largest absolute Gasteiger partial charge is 0.462 e. The van der Waals surface area contributed by atoms with Crippen LogP contribution in [-0.2, 0) is 9.53 Å². The van der Waals surface area contributed by atoms with Crippen LogP contribution in [0.4, 0.5) is 0 Å². The van der Waals surface area contributed by atoms with Crippen LogP contribution in [-0.4, -0.2) is 12.1 Å². The van der Waals surface area contributed by atoms with Gasteiger partial charge in [-0.25, -0.2) is 0 Å². The fourth-order valence-corrected chi connectivity index (χ4v) is 4.91. The molecular formula is C24H44O2. The minimum atomic E-state index is 0.0673. The molecule has 1 atom stereocenters. The Morgan fingerprint density at radius 3 is 2.12 bits per heavy atom. The number of hydrogen-bond acceptors (Lipinski definition) is 2. The van der Waals surface area contributed by atoms with Gasteiger partial charge in [0.05, 0.1) is 5.92 Å². The molecule has 0 aromatic heterocycles. The number of hydrogen-bond donors (Lipinski definition) is 0. The Kier molecular flexibility index (Phi) is 10.7. The quantitative estimate of drug-likeness (QED) is 0.281. The molecule has 0 radical (unpaired) electrons. The van der Waals surface area contributed by atoms with E-state index in [2.05, 4.69) is 13.8 Å². The van der Waals surface area contributed by atoms with Gasteiger partial charge in [0, 0.05) is 0 Å². The van der Waals surface area contributed by atoms with E-state index in [1.807, 2.05) is 0 Å². The molecule has 2 saturated carbocycles. The summed E-state index contributed by atoms with van der Waals surface area (Å²) in [5.41, 5.74) is 0. The van der Waals surface area contributed by atoms with Crippen molar-refractivity contribution >= 4 is 5.97 Å². The first-order chi connectivity index (χ1) is 12.7. The van der Waals surface area contributed by atoms with Crippen molar-refractivity contribution in [3.8, 4) is 0 Å². The van der Waals surface area contributed by atoms with E-state index in [9.17, 15) is 4.79 Å². The summed E-state index contributed by atoms with van der Waals surface area (Å²) in [6.07, 6.45) is 22.6. The van der Waals surface area contributed by atoms with Gasteiger partial charge >= 0.3 is 5.97 Å². The summed E-state index contributed by atoms with van der Waals surface area (Å²) in [5, 5.41) is 0. The minimum Gasteiger partial charge on any atom is -0.462 e. The molecule has 0 aromatic carbocycles. The van der Waals surface area contributed by atoms with Crippen LogP contribution in [0.3, 0.4) is 0 Å². The second kappa shape index (κ2) is 12.8. The molecule has 0 saturated heterocycles. The molecule has 2 rings (SSSR count). The van der Waals surface area contributed by atoms with Crippen molar-refractivity contribution < 1.29 is 9.53 Å². The van der Waals surface area contributed by atoms with Gasteiger partial charge in [-0.15, -0.1) is 0 Å². The first-order valence-electron chi connectivity index (χ1n) is 11.9. The van der Waals surface area contributed by atoms with Gasteiger partial charge in [-0.1, -0.05) is 84.5 Å². The molecule has 0 amide bonds. The van der Waals surface area contributed by atoms with Gasteiger partial charge in [-0.05, 0) is 50.4 Å². The highest BCUT2D eigenvalue weighted by Gasteiger charge is 2.25. The number of carbonyl (C=O) groups is 1. The van der Waals surface area contributed by atoms with Gasteiger partial charge in [0.25, 0.3) is 0 Å². The van der Waals surface area contributed by atoms with Crippen LogP contribution in [0.25, 0.3) is 0 Å². The number of ether oxygens (including phenoxy) is 1. The van der Waals surface area contributed by atoms with E-state index >= 15 is 0 Å². The molecule has 0 aromatic rings. The molecule has 2 nitrogen and oxygen atoms in total. The number of unbranched alkanes of at least 4 members (excludes halogenated alkanes) is 4. The Labute approximate surface area is 162 Å². The van der Waals surface area contributed by atoms with Crippen molar-refractivity contribution in [1.82, 2.24) is 0 Å². The van der Waals surface area contributed by atoms with Crippen LogP contribution in [0, 0.1) is 17.8 Å². The van der Waals surface area contributed by atoms with E-state index in [0.717, 1.165) is 31.1 Å². The molecule has 0 bridgehead atoms. The van der Waals surface area contributed by atoms with Gasteiger partial charge < -0.3 is 4.74 Å². The van der Waals surface area contributed by atoms with Crippen LogP contribution in [0.5, 0.6) is 0 Å². The molecule has 1 unspecified atom stereocenters. The zero-order chi connectivity index (χ0) is 18.6. The Balaban J connectivity index is 1.52. The lowest BCUT2D eigenvalue weighted by Crippen LogP contribution is -2.25. The summed E-state index contributed by atoms with van der Waals surface area (Å²) in [7, 11) is 0. The Hall–Kier alpha value is -0.530. The van der Waals surface area contributed by atoms with Gasteiger partial charge in [0.2, 0.25) is 0 Å². The van der Waals surface area contributed by atoms with E-state index in [1.54, 1.807) is 0 Å². The lowest BCUT2D eigenvalue weighted by Gasteiger charge is -2.29. The lowest BCUT2D eigenvalue weighted by molar-refractivity contribution is -0.155. The second-order valence-electron chi connectivity index (χ2n) is 9.26. The van der Waals surface area contributed by atoms with Gasteiger partial charge in [-0.2, -0.15) is 0 Å². The summed E-state index contributed by atoms with van der Waals surface area (Å²) >= 11 is 0. The summed E-state index contributed by atoms with van der Waals surface area (Å²) < 4.78 is 5.74. The maximum Gasteiger partial charge on any atom is 0.308 e. The zero-order valence-corrected chi connectivity index (χ0v) is 17.6. The van der Waals surface area contributed by atoms with Crippen LogP contribution in [0.2, 0.25) is 0 Å². The van der Waals surface area contributed by atoms with Crippen LogP contribution in [0.15, 0.2) is 0 Å². The molecule has 2 fully saturated rings. The van der Waals surface area contributed by atoms with Gasteiger partial charge in [-0.3, -0.25) is 4.79 Å². The third-order valence-corrected chi connectivity index (χ3v) is 6.93. The van der Waals surface area contributed by atoms with E-state index in [0.29, 0.717) is 0 Å². The standard InChI is InChI=1S/C24H44O2/c1-3-4-5-6-8-11-21-16-18-22(19-17-21)15-14-20(2)24(25)26-23-12-9-7-10-13-23/h20-23H,3-19H2,1-2H3. The van der Waals surface area contributed by atoms with Crippen molar-refractivity contribution in [1.29, 1.82) is 0 Å². The molecule has 152 valence electrons. The maximum atomic E-state index is 12.3. The number of esters is 1. The zero-order valence-electron chi connectivity index (χ0n) is 17.6. The van der Waals surface area contributed by atoms with Gasteiger partial charge in [0.15, 0.2) is 0 Å². The van der Waals surface area contributed by atoms with Crippen LogP contribution in [0.1, 0.15) is 123 Å². The SMILES string of the molecule is CCCCCCCC1CCC(CCC(C)C(=O)OC2CCCCC2)CC1. The molecule has 2 heteroatoms. The predicted molar refractivity (Wildman–Crippen MR) is 110 cm³/mol. The highest BCUT2D eigenvalue weighted by Crippen LogP contribution is 2.35. The average Bonchev–Trinajstić information content (AvgIpc) is 2.67. The topological polar surface area (TPSA) is 26.3 Å². The van der Waals surface area contributed by atoms with Crippen molar-refractivity contribution in [2.24, 2.45) is 17.8 Å².